The van der Waals surface area contributed by atoms with Gasteiger partial charge in [0.1, 0.15) is 6.10 Å². The molecule has 0 saturated heterocycles. The standard InChI is InChI=1S/C24H22ClNO/c25-21-14-8-7-13-20(21)22(27-23(26)19-11-5-2-6-12-19)24(15-16-24)17-18-9-3-1-4-10-18/h1-14,22,26H,15-17H2/t22-/m0/s1. The zero-order valence-electron chi connectivity index (χ0n) is 15.1. The van der Waals surface area contributed by atoms with Crippen LogP contribution in [0.3, 0.4) is 0 Å². The predicted octanol–water partition coefficient (Wildman–Crippen LogP) is 6.45. The highest BCUT2D eigenvalue weighted by atomic mass is 35.5. The number of nitrogens with one attached hydrogen (secondary N) is 1. The van der Waals surface area contributed by atoms with Crippen molar-refractivity contribution in [3.63, 3.8) is 0 Å². The van der Waals surface area contributed by atoms with Gasteiger partial charge in [0.25, 0.3) is 0 Å². The lowest BCUT2D eigenvalue weighted by Gasteiger charge is -2.29. The Balaban J connectivity index is 1.67. The van der Waals surface area contributed by atoms with Crippen LogP contribution < -0.4 is 0 Å². The lowest BCUT2D eigenvalue weighted by Crippen LogP contribution is -2.23. The van der Waals surface area contributed by atoms with Crippen molar-refractivity contribution in [2.24, 2.45) is 5.41 Å². The maximum Gasteiger partial charge on any atom is 0.213 e. The van der Waals surface area contributed by atoms with E-state index < -0.39 is 0 Å². The van der Waals surface area contributed by atoms with E-state index in [1.165, 1.54) is 5.56 Å². The number of hydrogen-bond donors (Lipinski definition) is 1. The summed E-state index contributed by atoms with van der Waals surface area (Å²) in [6.45, 7) is 0. The van der Waals surface area contributed by atoms with Crippen molar-refractivity contribution in [1.82, 2.24) is 0 Å². The maximum atomic E-state index is 8.50. The first-order chi connectivity index (χ1) is 13.2. The summed E-state index contributed by atoms with van der Waals surface area (Å²) in [5, 5.41) is 9.20. The fourth-order valence-corrected chi connectivity index (χ4v) is 3.91. The highest BCUT2D eigenvalue weighted by Gasteiger charge is 2.52. The fraction of sp³-hybridized carbons (Fsp3) is 0.208. The minimum absolute atomic E-state index is 0.0204. The SMILES string of the molecule is N=C(O[C@@H](c1ccccc1Cl)C1(Cc2ccccc2)CC1)c1ccccc1. The molecule has 0 amide bonds. The third-order valence-electron chi connectivity index (χ3n) is 5.31. The van der Waals surface area contributed by atoms with Gasteiger partial charge in [-0.25, -0.2) is 0 Å². The monoisotopic (exact) mass is 375 g/mol. The van der Waals surface area contributed by atoms with Crippen LogP contribution in [-0.4, -0.2) is 5.90 Å². The molecule has 3 heteroatoms. The van der Waals surface area contributed by atoms with Crippen LogP contribution in [0.1, 0.15) is 35.6 Å². The molecule has 1 aliphatic carbocycles. The van der Waals surface area contributed by atoms with Crippen molar-refractivity contribution in [2.45, 2.75) is 25.4 Å². The molecule has 4 rings (SSSR count). The lowest BCUT2D eigenvalue weighted by molar-refractivity contribution is 0.105. The van der Waals surface area contributed by atoms with Crippen molar-refractivity contribution in [2.75, 3.05) is 0 Å². The van der Waals surface area contributed by atoms with Crippen molar-refractivity contribution in [3.8, 4) is 0 Å². The van der Waals surface area contributed by atoms with Crippen LogP contribution in [0.15, 0.2) is 84.9 Å². The molecule has 2 nitrogen and oxygen atoms in total. The summed E-state index contributed by atoms with van der Waals surface area (Å²) in [4.78, 5) is 0. The molecule has 0 heterocycles. The van der Waals surface area contributed by atoms with E-state index in [0.29, 0.717) is 5.02 Å². The Bertz CT molecular complexity index is 919. The van der Waals surface area contributed by atoms with Crippen LogP contribution in [0.4, 0.5) is 0 Å². The van der Waals surface area contributed by atoms with Crippen LogP contribution in [-0.2, 0) is 11.2 Å². The van der Waals surface area contributed by atoms with Crippen molar-refractivity contribution < 1.29 is 4.74 Å². The first kappa shape index (κ1) is 17.8. The summed E-state index contributed by atoms with van der Waals surface area (Å²) < 4.78 is 6.30. The molecule has 1 N–H and O–H groups in total. The molecule has 0 radical (unpaired) electrons. The first-order valence-corrected chi connectivity index (χ1v) is 9.65. The number of benzene rings is 3. The second-order valence-corrected chi connectivity index (χ2v) is 7.65. The zero-order chi connectivity index (χ0) is 18.7. The van der Waals surface area contributed by atoms with Crippen LogP contribution in [0.25, 0.3) is 0 Å². The second-order valence-electron chi connectivity index (χ2n) is 7.24. The largest absolute Gasteiger partial charge is 0.469 e. The number of halogens is 1. The topological polar surface area (TPSA) is 33.1 Å². The summed E-state index contributed by atoms with van der Waals surface area (Å²) in [6.07, 6.45) is 2.82. The molecule has 136 valence electrons. The first-order valence-electron chi connectivity index (χ1n) is 9.27. The van der Waals surface area contributed by atoms with Gasteiger partial charge in [-0.3, -0.25) is 5.41 Å². The van der Waals surface area contributed by atoms with Crippen LogP contribution >= 0.6 is 11.6 Å². The van der Waals surface area contributed by atoms with Gasteiger partial charge >= 0.3 is 0 Å². The van der Waals surface area contributed by atoms with E-state index in [1.54, 1.807) is 0 Å². The zero-order valence-corrected chi connectivity index (χ0v) is 15.8. The lowest BCUT2D eigenvalue weighted by atomic mass is 9.86. The van der Waals surface area contributed by atoms with E-state index in [0.717, 1.165) is 30.4 Å². The van der Waals surface area contributed by atoms with Gasteiger partial charge in [0, 0.05) is 21.6 Å². The van der Waals surface area contributed by atoms with Gasteiger partial charge in [0.15, 0.2) is 0 Å². The van der Waals surface area contributed by atoms with Gasteiger partial charge in [0.05, 0.1) is 0 Å². The smallest absolute Gasteiger partial charge is 0.213 e. The summed E-state index contributed by atoms with van der Waals surface area (Å²) in [6, 6.07) is 28.0. The van der Waals surface area contributed by atoms with Crippen molar-refractivity contribution in [1.29, 1.82) is 5.41 Å². The normalized spacial score (nSPS) is 15.7. The maximum absolute atomic E-state index is 8.50. The van der Waals surface area contributed by atoms with Crippen molar-refractivity contribution in [3.05, 3.63) is 107 Å². The third-order valence-corrected chi connectivity index (χ3v) is 5.65. The summed E-state index contributed by atoms with van der Waals surface area (Å²) in [5.41, 5.74) is 3.02. The second kappa shape index (κ2) is 7.58. The Kier molecular flexibility index (Phi) is 5.00. The minimum atomic E-state index is -0.237. The molecule has 27 heavy (non-hydrogen) atoms. The molecule has 3 aromatic rings. The molecule has 0 bridgehead atoms. The van der Waals surface area contributed by atoms with E-state index in [1.807, 2.05) is 60.7 Å². The highest BCUT2D eigenvalue weighted by molar-refractivity contribution is 6.31. The summed E-state index contributed by atoms with van der Waals surface area (Å²) in [5.74, 6) is 0.194. The molecule has 1 atom stereocenters. The third kappa shape index (κ3) is 3.91. The fourth-order valence-electron chi connectivity index (χ4n) is 3.68. The van der Waals surface area contributed by atoms with E-state index in [4.69, 9.17) is 21.7 Å². The molecule has 0 aliphatic heterocycles. The predicted molar refractivity (Wildman–Crippen MR) is 110 cm³/mol. The molecular weight excluding hydrogens is 354 g/mol. The number of hydrogen-bond acceptors (Lipinski definition) is 2. The average Bonchev–Trinajstić information content (AvgIpc) is 3.48. The van der Waals surface area contributed by atoms with Crippen LogP contribution in [0.2, 0.25) is 5.02 Å². The molecule has 1 fully saturated rings. The minimum Gasteiger partial charge on any atom is -0.469 e. The molecule has 3 aromatic carbocycles. The number of rotatable bonds is 6. The summed E-state index contributed by atoms with van der Waals surface area (Å²) in [7, 11) is 0. The Morgan fingerprint density at radius 1 is 0.889 bits per heavy atom. The Morgan fingerprint density at radius 3 is 2.11 bits per heavy atom. The molecule has 1 aliphatic rings. The van der Waals surface area contributed by atoms with E-state index >= 15 is 0 Å². The Labute approximate surface area is 165 Å². The Hall–Kier alpha value is -2.58. The van der Waals surface area contributed by atoms with Crippen LogP contribution in [0, 0.1) is 10.8 Å². The number of ether oxygens (including phenoxy) is 1. The average molecular weight is 376 g/mol. The highest BCUT2D eigenvalue weighted by Crippen LogP contribution is 2.59. The molecule has 0 unspecified atom stereocenters. The van der Waals surface area contributed by atoms with E-state index in [-0.39, 0.29) is 17.4 Å². The van der Waals surface area contributed by atoms with Gasteiger partial charge in [-0.2, -0.15) is 0 Å². The quantitative estimate of drug-likeness (QED) is 0.390. The van der Waals surface area contributed by atoms with Crippen molar-refractivity contribution >= 4 is 17.5 Å². The van der Waals surface area contributed by atoms with Gasteiger partial charge < -0.3 is 4.74 Å². The molecule has 0 spiro atoms. The van der Waals surface area contributed by atoms with Gasteiger partial charge in [-0.1, -0.05) is 78.3 Å². The Morgan fingerprint density at radius 2 is 1.48 bits per heavy atom. The molecule has 1 saturated carbocycles. The van der Waals surface area contributed by atoms with E-state index in [9.17, 15) is 0 Å². The van der Waals surface area contributed by atoms with E-state index in [2.05, 4.69) is 24.3 Å². The summed E-state index contributed by atoms with van der Waals surface area (Å²) >= 11 is 6.53. The van der Waals surface area contributed by atoms with Crippen LogP contribution in [0.5, 0.6) is 0 Å². The van der Waals surface area contributed by atoms with Gasteiger partial charge in [0.2, 0.25) is 5.90 Å². The molecular formula is C24H22ClNO. The van der Waals surface area contributed by atoms with Gasteiger partial charge in [-0.15, -0.1) is 0 Å². The van der Waals surface area contributed by atoms with Gasteiger partial charge in [-0.05, 0) is 43.0 Å². The molecule has 0 aromatic heterocycles.